The van der Waals surface area contributed by atoms with E-state index in [4.69, 9.17) is 4.74 Å². The Morgan fingerprint density at radius 2 is 1.89 bits per heavy atom. The van der Waals surface area contributed by atoms with E-state index in [9.17, 15) is 9.18 Å². The molecule has 1 fully saturated rings. The molecule has 1 saturated heterocycles. The minimum absolute atomic E-state index is 0.0636. The molecule has 2 aromatic rings. The predicted octanol–water partition coefficient (Wildman–Crippen LogP) is 3.07. The average Bonchev–Trinajstić information content (AvgIpc) is 2.69. The van der Waals surface area contributed by atoms with Crippen LogP contribution in [0.1, 0.15) is 11.6 Å². The fraction of sp³-hybridized carbons (Fsp3) is 0.381. The molecule has 0 aromatic heterocycles. The van der Waals surface area contributed by atoms with Crippen LogP contribution in [0.5, 0.6) is 5.75 Å². The molecule has 3 rings (SSSR count). The van der Waals surface area contributed by atoms with Gasteiger partial charge in [0.2, 0.25) is 0 Å². The highest BCUT2D eigenvalue weighted by atomic mass is 79.9. The van der Waals surface area contributed by atoms with Crippen molar-refractivity contribution >= 4 is 21.8 Å². The van der Waals surface area contributed by atoms with Crippen LogP contribution >= 0.6 is 15.9 Å². The van der Waals surface area contributed by atoms with Crippen LogP contribution in [0.2, 0.25) is 0 Å². The number of piperazine rings is 1. The maximum absolute atomic E-state index is 13.9. The number of nitrogens with one attached hydrogen (secondary N) is 1. The minimum Gasteiger partial charge on any atom is -0.481 e. The van der Waals surface area contributed by atoms with E-state index >= 15 is 0 Å². The predicted molar refractivity (Wildman–Crippen MR) is 111 cm³/mol. The number of nitrogens with zero attached hydrogens (tertiary/aromatic N) is 2. The van der Waals surface area contributed by atoms with Crippen molar-refractivity contribution in [2.24, 2.45) is 0 Å². The molecular weight excluding hydrogens is 425 g/mol. The summed E-state index contributed by atoms with van der Waals surface area (Å²) in [5.74, 6) is -0.710. The lowest BCUT2D eigenvalue weighted by molar-refractivity contribution is -0.124. The zero-order chi connectivity index (χ0) is 19.9. The van der Waals surface area contributed by atoms with Gasteiger partial charge in [-0.25, -0.2) is 4.39 Å². The molecule has 0 bridgehead atoms. The van der Waals surface area contributed by atoms with Crippen molar-refractivity contribution in [1.29, 1.82) is 0 Å². The molecule has 1 aliphatic rings. The standard InChI is InChI=1S/C21H25BrFN3O2/c1-25-9-11-26(12-10-25)14-19(16-5-3-2-4-6-16)24-21(27)15-28-20-8-7-17(22)13-18(20)23/h2-8,13,19H,9-12,14-15H2,1H3,(H,24,27). The molecule has 0 spiro atoms. The first-order valence-electron chi connectivity index (χ1n) is 9.34. The number of amides is 1. The summed E-state index contributed by atoms with van der Waals surface area (Å²) >= 11 is 3.20. The minimum atomic E-state index is -0.501. The lowest BCUT2D eigenvalue weighted by atomic mass is 10.1. The van der Waals surface area contributed by atoms with Gasteiger partial charge in [0.15, 0.2) is 18.2 Å². The third-order valence-corrected chi connectivity index (χ3v) is 5.32. The van der Waals surface area contributed by atoms with Gasteiger partial charge >= 0.3 is 0 Å². The van der Waals surface area contributed by atoms with Crippen LogP contribution in [0.25, 0.3) is 0 Å². The lowest BCUT2D eigenvalue weighted by Crippen LogP contribution is -2.48. The first kappa shape index (κ1) is 20.8. The lowest BCUT2D eigenvalue weighted by Gasteiger charge is -2.35. The summed E-state index contributed by atoms with van der Waals surface area (Å²) in [5, 5.41) is 3.04. The third kappa shape index (κ3) is 6.02. The van der Waals surface area contributed by atoms with Gasteiger partial charge in [0.1, 0.15) is 0 Å². The average molecular weight is 450 g/mol. The molecule has 2 aromatic carbocycles. The fourth-order valence-electron chi connectivity index (χ4n) is 3.18. The number of carbonyl (C=O) groups is 1. The maximum Gasteiger partial charge on any atom is 0.258 e. The van der Waals surface area contributed by atoms with Crippen molar-refractivity contribution < 1.29 is 13.9 Å². The number of likely N-dealkylation sites (N-methyl/N-ethyl adjacent to an activating group) is 1. The van der Waals surface area contributed by atoms with Crippen LogP contribution < -0.4 is 10.1 Å². The van der Waals surface area contributed by atoms with Crippen LogP contribution in [-0.4, -0.2) is 62.1 Å². The van der Waals surface area contributed by atoms with Crippen LogP contribution in [0, 0.1) is 5.82 Å². The summed E-state index contributed by atoms with van der Waals surface area (Å²) in [4.78, 5) is 17.1. The zero-order valence-corrected chi connectivity index (χ0v) is 17.5. The number of ether oxygens (including phenoxy) is 1. The van der Waals surface area contributed by atoms with Gasteiger partial charge in [-0.3, -0.25) is 9.69 Å². The Kier molecular flexibility index (Phi) is 7.42. The molecule has 0 radical (unpaired) electrons. The fourth-order valence-corrected chi connectivity index (χ4v) is 3.51. The van der Waals surface area contributed by atoms with Gasteiger partial charge in [0.25, 0.3) is 5.91 Å². The summed E-state index contributed by atoms with van der Waals surface area (Å²) in [6.07, 6.45) is 0. The van der Waals surface area contributed by atoms with Gasteiger partial charge in [0.05, 0.1) is 6.04 Å². The second-order valence-electron chi connectivity index (χ2n) is 7.00. The Labute approximate surface area is 173 Å². The van der Waals surface area contributed by atoms with Gasteiger partial charge < -0.3 is 15.0 Å². The van der Waals surface area contributed by atoms with E-state index in [1.165, 1.54) is 12.1 Å². The highest BCUT2D eigenvalue weighted by molar-refractivity contribution is 9.10. The van der Waals surface area contributed by atoms with E-state index in [1.807, 2.05) is 30.3 Å². The van der Waals surface area contributed by atoms with Crippen molar-refractivity contribution in [3.8, 4) is 5.75 Å². The Morgan fingerprint density at radius 1 is 1.18 bits per heavy atom. The zero-order valence-electron chi connectivity index (χ0n) is 15.9. The van der Waals surface area contributed by atoms with Crippen molar-refractivity contribution in [2.75, 3.05) is 46.4 Å². The molecule has 5 nitrogen and oxygen atoms in total. The number of hydrogen-bond acceptors (Lipinski definition) is 4. The molecule has 1 aliphatic heterocycles. The smallest absolute Gasteiger partial charge is 0.258 e. The van der Waals surface area contributed by atoms with Crippen molar-refractivity contribution in [3.63, 3.8) is 0 Å². The summed E-state index contributed by atoms with van der Waals surface area (Å²) in [7, 11) is 2.12. The molecular formula is C21H25BrFN3O2. The molecule has 1 amide bonds. The topological polar surface area (TPSA) is 44.8 Å². The van der Waals surface area contributed by atoms with E-state index in [2.05, 4.69) is 38.1 Å². The molecule has 1 heterocycles. The summed E-state index contributed by atoms with van der Waals surface area (Å²) in [6.45, 7) is 4.47. The van der Waals surface area contributed by atoms with E-state index in [-0.39, 0.29) is 24.3 Å². The largest absolute Gasteiger partial charge is 0.481 e. The van der Waals surface area contributed by atoms with E-state index in [0.29, 0.717) is 4.47 Å². The summed E-state index contributed by atoms with van der Waals surface area (Å²) in [5.41, 5.74) is 1.05. The maximum atomic E-state index is 13.9. The van der Waals surface area contributed by atoms with Crippen LogP contribution in [0.15, 0.2) is 53.0 Å². The van der Waals surface area contributed by atoms with E-state index in [1.54, 1.807) is 6.07 Å². The highest BCUT2D eigenvalue weighted by Crippen LogP contribution is 2.21. The Balaban J connectivity index is 1.60. The number of rotatable bonds is 7. The van der Waals surface area contributed by atoms with Crippen molar-refractivity contribution in [2.45, 2.75) is 6.04 Å². The van der Waals surface area contributed by atoms with E-state index in [0.717, 1.165) is 38.3 Å². The van der Waals surface area contributed by atoms with Gasteiger partial charge in [-0.1, -0.05) is 46.3 Å². The first-order chi connectivity index (χ1) is 13.5. The normalized spacial score (nSPS) is 16.5. The molecule has 7 heteroatoms. The van der Waals surface area contributed by atoms with Crippen LogP contribution in [0.3, 0.4) is 0 Å². The molecule has 0 aliphatic carbocycles. The van der Waals surface area contributed by atoms with Gasteiger partial charge in [-0.05, 0) is 30.8 Å². The van der Waals surface area contributed by atoms with Gasteiger partial charge in [0, 0.05) is 37.2 Å². The van der Waals surface area contributed by atoms with Crippen LogP contribution in [-0.2, 0) is 4.79 Å². The Morgan fingerprint density at radius 3 is 2.57 bits per heavy atom. The summed E-state index contributed by atoms with van der Waals surface area (Å²) < 4.78 is 19.9. The van der Waals surface area contributed by atoms with Gasteiger partial charge in [-0.15, -0.1) is 0 Å². The van der Waals surface area contributed by atoms with Crippen molar-refractivity contribution in [3.05, 3.63) is 64.4 Å². The SMILES string of the molecule is CN1CCN(CC(NC(=O)COc2ccc(Br)cc2F)c2ccccc2)CC1. The summed E-state index contributed by atoms with van der Waals surface area (Å²) in [6, 6.07) is 14.3. The Hall–Kier alpha value is -1.96. The van der Waals surface area contributed by atoms with E-state index < -0.39 is 5.82 Å². The second kappa shape index (κ2) is 10.0. The molecule has 150 valence electrons. The number of halogens is 2. The van der Waals surface area contributed by atoms with Crippen LogP contribution in [0.4, 0.5) is 4.39 Å². The molecule has 28 heavy (non-hydrogen) atoms. The number of hydrogen-bond donors (Lipinski definition) is 1. The monoisotopic (exact) mass is 449 g/mol. The van der Waals surface area contributed by atoms with Crippen molar-refractivity contribution in [1.82, 2.24) is 15.1 Å². The second-order valence-corrected chi connectivity index (χ2v) is 7.91. The highest BCUT2D eigenvalue weighted by Gasteiger charge is 2.21. The first-order valence-corrected chi connectivity index (χ1v) is 10.1. The number of carbonyl (C=O) groups excluding carboxylic acids is 1. The molecule has 1 atom stereocenters. The molecule has 1 unspecified atom stereocenters. The third-order valence-electron chi connectivity index (χ3n) is 4.83. The quantitative estimate of drug-likeness (QED) is 0.705. The molecule has 1 N–H and O–H groups in total. The molecule has 0 saturated carbocycles. The Bertz CT molecular complexity index is 782. The number of benzene rings is 2. The van der Waals surface area contributed by atoms with Gasteiger partial charge in [-0.2, -0.15) is 0 Å².